The molecule has 0 radical (unpaired) electrons. The van der Waals surface area contributed by atoms with Gasteiger partial charge in [-0.25, -0.2) is 4.39 Å². The van der Waals surface area contributed by atoms with E-state index in [9.17, 15) is 14.0 Å². The number of nitrogens with one attached hydrogen (secondary N) is 1. The van der Waals surface area contributed by atoms with Gasteiger partial charge in [0.25, 0.3) is 11.8 Å². The highest BCUT2D eigenvalue weighted by Crippen LogP contribution is 2.22. The maximum absolute atomic E-state index is 14.0. The molecule has 0 aliphatic rings. The Kier molecular flexibility index (Phi) is 5.61. The third-order valence-corrected chi connectivity index (χ3v) is 4.21. The van der Waals surface area contributed by atoms with E-state index in [-0.39, 0.29) is 11.5 Å². The normalized spacial score (nSPS) is 10.3. The molecule has 2 amide bonds. The van der Waals surface area contributed by atoms with Crippen LogP contribution in [-0.2, 0) is 6.54 Å². The smallest absolute Gasteiger partial charge is 0.261 e. The monoisotopic (exact) mass is 362 g/mol. The second kappa shape index (κ2) is 8.27. The van der Waals surface area contributed by atoms with E-state index in [1.165, 1.54) is 30.1 Å². The third kappa shape index (κ3) is 4.20. The molecule has 0 aromatic heterocycles. The van der Waals surface area contributed by atoms with Crippen molar-refractivity contribution in [1.29, 1.82) is 0 Å². The van der Waals surface area contributed by atoms with Crippen LogP contribution in [0.1, 0.15) is 26.3 Å². The average molecular weight is 362 g/mol. The predicted molar refractivity (Wildman–Crippen MR) is 103 cm³/mol. The molecule has 0 aliphatic heterocycles. The third-order valence-electron chi connectivity index (χ3n) is 4.21. The Morgan fingerprint density at radius 3 is 2.15 bits per heavy atom. The van der Waals surface area contributed by atoms with E-state index in [1.54, 1.807) is 30.3 Å². The number of halogens is 1. The van der Waals surface area contributed by atoms with Gasteiger partial charge in [-0.2, -0.15) is 0 Å². The minimum Gasteiger partial charge on any atom is -0.348 e. The fourth-order valence-corrected chi connectivity index (χ4v) is 2.76. The number of hydrogen-bond acceptors (Lipinski definition) is 2. The first-order valence-corrected chi connectivity index (χ1v) is 8.51. The quantitative estimate of drug-likeness (QED) is 0.745. The van der Waals surface area contributed by atoms with Crippen molar-refractivity contribution in [2.75, 3.05) is 11.9 Å². The lowest BCUT2D eigenvalue weighted by atomic mass is 10.1. The fourth-order valence-electron chi connectivity index (χ4n) is 2.76. The number of carbonyl (C=O) groups is 2. The zero-order valence-corrected chi connectivity index (χ0v) is 14.9. The van der Waals surface area contributed by atoms with Crippen molar-refractivity contribution < 1.29 is 14.0 Å². The van der Waals surface area contributed by atoms with Gasteiger partial charge in [0.05, 0.1) is 16.8 Å². The molecular formula is C22H19FN2O2. The Morgan fingerprint density at radius 1 is 0.852 bits per heavy atom. The first kappa shape index (κ1) is 18.3. The summed E-state index contributed by atoms with van der Waals surface area (Å²) in [6, 6.07) is 22.1. The van der Waals surface area contributed by atoms with E-state index in [1.807, 2.05) is 30.3 Å². The molecule has 0 saturated heterocycles. The SMILES string of the molecule is CN(C(=O)c1ccccc1F)c1ccccc1C(=O)NCc1ccccc1. The van der Waals surface area contributed by atoms with Crippen molar-refractivity contribution in [2.45, 2.75) is 6.54 Å². The summed E-state index contributed by atoms with van der Waals surface area (Å²) in [5, 5.41) is 2.85. The van der Waals surface area contributed by atoms with Gasteiger partial charge in [0.1, 0.15) is 5.82 Å². The van der Waals surface area contributed by atoms with Crippen LogP contribution < -0.4 is 10.2 Å². The second-order valence-electron chi connectivity index (χ2n) is 6.03. The number of nitrogens with zero attached hydrogens (tertiary/aromatic N) is 1. The summed E-state index contributed by atoms with van der Waals surface area (Å²) in [7, 11) is 1.53. The lowest BCUT2D eigenvalue weighted by Crippen LogP contribution is -2.31. The van der Waals surface area contributed by atoms with Crippen molar-refractivity contribution >= 4 is 17.5 Å². The summed E-state index contributed by atoms with van der Waals surface area (Å²) in [6.07, 6.45) is 0. The number of hydrogen-bond donors (Lipinski definition) is 1. The molecule has 0 aliphatic carbocycles. The predicted octanol–water partition coefficient (Wildman–Crippen LogP) is 4.03. The van der Waals surface area contributed by atoms with Crippen LogP contribution in [0.3, 0.4) is 0 Å². The molecule has 5 heteroatoms. The van der Waals surface area contributed by atoms with Crippen molar-refractivity contribution in [3.05, 3.63) is 101 Å². The highest BCUT2D eigenvalue weighted by Gasteiger charge is 2.21. The van der Waals surface area contributed by atoms with Crippen molar-refractivity contribution in [2.24, 2.45) is 0 Å². The van der Waals surface area contributed by atoms with E-state index < -0.39 is 11.7 Å². The van der Waals surface area contributed by atoms with Gasteiger partial charge in [0, 0.05) is 13.6 Å². The summed E-state index contributed by atoms with van der Waals surface area (Å²) in [4.78, 5) is 26.6. The molecule has 3 aromatic rings. The van der Waals surface area contributed by atoms with Crippen LogP contribution >= 0.6 is 0 Å². The summed E-state index contributed by atoms with van der Waals surface area (Å²) < 4.78 is 14.0. The van der Waals surface area contributed by atoms with Crippen LogP contribution in [0.4, 0.5) is 10.1 Å². The summed E-state index contributed by atoms with van der Waals surface area (Å²) in [5.41, 5.74) is 1.69. The summed E-state index contributed by atoms with van der Waals surface area (Å²) >= 11 is 0. The molecule has 3 aromatic carbocycles. The van der Waals surface area contributed by atoms with Gasteiger partial charge in [0.15, 0.2) is 0 Å². The number of benzene rings is 3. The van der Waals surface area contributed by atoms with Crippen LogP contribution in [0.25, 0.3) is 0 Å². The Morgan fingerprint density at radius 2 is 1.44 bits per heavy atom. The van der Waals surface area contributed by atoms with Crippen molar-refractivity contribution in [1.82, 2.24) is 5.32 Å². The van der Waals surface area contributed by atoms with Crippen molar-refractivity contribution in [3.63, 3.8) is 0 Å². The molecule has 3 rings (SSSR count). The maximum Gasteiger partial charge on any atom is 0.261 e. The highest BCUT2D eigenvalue weighted by molar-refractivity contribution is 6.10. The minimum atomic E-state index is -0.597. The molecule has 0 bridgehead atoms. The summed E-state index contributed by atoms with van der Waals surface area (Å²) in [6.45, 7) is 0.374. The number of rotatable bonds is 5. The Labute approximate surface area is 157 Å². The topological polar surface area (TPSA) is 49.4 Å². The molecule has 0 atom stereocenters. The van der Waals surface area contributed by atoms with Crippen LogP contribution in [-0.4, -0.2) is 18.9 Å². The first-order chi connectivity index (χ1) is 13.1. The number of para-hydroxylation sites is 1. The molecule has 0 saturated carbocycles. The highest BCUT2D eigenvalue weighted by atomic mass is 19.1. The van der Waals surface area contributed by atoms with Crippen LogP contribution in [0, 0.1) is 5.82 Å². The van der Waals surface area contributed by atoms with E-state index in [0.717, 1.165) is 5.56 Å². The average Bonchev–Trinajstić information content (AvgIpc) is 2.72. The molecule has 136 valence electrons. The fraction of sp³-hybridized carbons (Fsp3) is 0.0909. The largest absolute Gasteiger partial charge is 0.348 e. The van der Waals surface area contributed by atoms with Gasteiger partial charge in [-0.3, -0.25) is 9.59 Å². The number of anilines is 1. The second-order valence-corrected chi connectivity index (χ2v) is 6.03. The van der Waals surface area contributed by atoms with E-state index >= 15 is 0 Å². The van der Waals surface area contributed by atoms with Gasteiger partial charge in [0.2, 0.25) is 0 Å². The first-order valence-electron chi connectivity index (χ1n) is 8.51. The van der Waals surface area contributed by atoms with Gasteiger partial charge in [-0.15, -0.1) is 0 Å². The van der Waals surface area contributed by atoms with Gasteiger partial charge >= 0.3 is 0 Å². The lowest BCUT2D eigenvalue weighted by molar-refractivity contribution is 0.0951. The number of carbonyl (C=O) groups excluding carboxylic acids is 2. The maximum atomic E-state index is 14.0. The zero-order valence-electron chi connectivity index (χ0n) is 14.9. The minimum absolute atomic E-state index is 0.0421. The summed E-state index contributed by atoms with van der Waals surface area (Å²) in [5.74, 6) is -1.42. The molecular weight excluding hydrogens is 343 g/mol. The molecule has 4 nitrogen and oxygen atoms in total. The van der Waals surface area contributed by atoms with Gasteiger partial charge in [-0.1, -0.05) is 54.6 Å². The molecule has 1 N–H and O–H groups in total. The Hall–Kier alpha value is -3.47. The van der Waals surface area contributed by atoms with Crippen LogP contribution in [0.15, 0.2) is 78.9 Å². The molecule has 27 heavy (non-hydrogen) atoms. The molecule has 0 unspecified atom stereocenters. The van der Waals surface area contributed by atoms with Gasteiger partial charge in [-0.05, 0) is 29.8 Å². The lowest BCUT2D eigenvalue weighted by Gasteiger charge is -2.20. The standard InChI is InChI=1S/C22H19FN2O2/c1-25(22(27)17-11-5-7-13-19(17)23)20-14-8-6-12-18(20)21(26)24-15-16-9-3-2-4-10-16/h2-14H,15H2,1H3,(H,24,26). The van der Waals surface area contributed by atoms with Gasteiger partial charge < -0.3 is 10.2 Å². The van der Waals surface area contributed by atoms with E-state index in [4.69, 9.17) is 0 Å². The molecule has 0 spiro atoms. The number of amides is 2. The Bertz CT molecular complexity index is 957. The molecule has 0 heterocycles. The zero-order chi connectivity index (χ0) is 19.2. The van der Waals surface area contributed by atoms with E-state index in [0.29, 0.717) is 17.8 Å². The Balaban J connectivity index is 1.81. The molecule has 0 fully saturated rings. The van der Waals surface area contributed by atoms with E-state index in [2.05, 4.69) is 5.32 Å². The van der Waals surface area contributed by atoms with Crippen molar-refractivity contribution in [3.8, 4) is 0 Å². The van der Waals surface area contributed by atoms with Crippen LogP contribution in [0.5, 0.6) is 0 Å². The van der Waals surface area contributed by atoms with Crippen LogP contribution in [0.2, 0.25) is 0 Å².